The molecular weight excluding hydrogens is 284 g/mol. The van der Waals surface area contributed by atoms with Crippen LogP contribution in [0.2, 0.25) is 0 Å². The van der Waals surface area contributed by atoms with Crippen LogP contribution in [0.1, 0.15) is 26.2 Å². The first-order valence-corrected chi connectivity index (χ1v) is 7.80. The molecule has 0 heterocycles. The fourth-order valence-electron chi connectivity index (χ4n) is 2.35. The number of carbonyl (C=O) groups excluding carboxylic acids is 1. The van der Waals surface area contributed by atoms with E-state index in [4.69, 9.17) is 4.74 Å². The van der Waals surface area contributed by atoms with Gasteiger partial charge in [0.05, 0.1) is 13.2 Å². The van der Waals surface area contributed by atoms with Crippen molar-refractivity contribution in [3.63, 3.8) is 0 Å². The second-order valence-corrected chi connectivity index (χ2v) is 6.30. The molecule has 2 atom stereocenters. The number of rotatable bonds is 8. The summed E-state index contributed by atoms with van der Waals surface area (Å²) in [4.78, 5) is 13.9. The van der Waals surface area contributed by atoms with E-state index in [0.29, 0.717) is 19.2 Å². The largest absolute Gasteiger partial charge is 0.383 e. The van der Waals surface area contributed by atoms with Gasteiger partial charge in [-0.1, -0.05) is 6.92 Å². The minimum atomic E-state index is 0. The van der Waals surface area contributed by atoms with Crippen molar-refractivity contribution < 1.29 is 9.53 Å². The Hall–Kier alpha value is 0.0300. The summed E-state index contributed by atoms with van der Waals surface area (Å²) in [5, 5.41) is 3.85. The molecule has 0 bridgehead atoms. The number of halogens is 1. The van der Waals surface area contributed by atoms with Gasteiger partial charge in [-0.15, -0.1) is 12.4 Å². The maximum atomic E-state index is 12.0. The highest BCUT2D eigenvalue weighted by atomic mass is 35.5. The van der Waals surface area contributed by atoms with Gasteiger partial charge in [-0.25, -0.2) is 0 Å². The maximum absolute atomic E-state index is 12.0. The van der Waals surface area contributed by atoms with Gasteiger partial charge in [0.25, 0.3) is 0 Å². The summed E-state index contributed by atoms with van der Waals surface area (Å²) in [7, 11) is 3.60. The zero-order valence-corrected chi connectivity index (χ0v) is 13.8. The number of amides is 1. The Morgan fingerprint density at radius 2 is 2.21 bits per heavy atom. The Kier molecular flexibility index (Phi) is 10.8. The molecule has 1 amide bonds. The van der Waals surface area contributed by atoms with E-state index in [1.165, 1.54) is 12.2 Å². The molecule has 1 aliphatic rings. The molecule has 1 saturated carbocycles. The third-order valence-electron chi connectivity index (χ3n) is 3.46. The topological polar surface area (TPSA) is 41.6 Å². The van der Waals surface area contributed by atoms with Crippen molar-refractivity contribution in [2.75, 3.05) is 39.6 Å². The van der Waals surface area contributed by atoms with Gasteiger partial charge in [0.1, 0.15) is 0 Å². The van der Waals surface area contributed by atoms with E-state index in [2.05, 4.69) is 12.2 Å². The minimum absolute atomic E-state index is 0. The van der Waals surface area contributed by atoms with Crippen LogP contribution in [0.25, 0.3) is 0 Å². The number of nitrogens with one attached hydrogen (secondary N) is 1. The lowest BCUT2D eigenvalue weighted by Gasteiger charge is -2.25. The fourth-order valence-corrected chi connectivity index (χ4v) is 3.49. The SMILES string of the molecule is CCSC1CCC(N(C)C(=O)CNCCOC)C1.Cl. The Bertz CT molecular complexity index is 257. The lowest BCUT2D eigenvalue weighted by Crippen LogP contribution is -2.41. The third-order valence-corrected chi connectivity index (χ3v) is 4.69. The van der Waals surface area contributed by atoms with Crippen molar-refractivity contribution in [2.45, 2.75) is 37.5 Å². The number of thioether (sulfide) groups is 1. The highest BCUT2D eigenvalue weighted by Gasteiger charge is 2.29. The summed E-state index contributed by atoms with van der Waals surface area (Å²) in [6, 6.07) is 0.436. The monoisotopic (exact) mass is 310 g/mol. The van der Waals surface area contributed by atoms with E-state index in [9.17, 15) is 4.79 Å². The van der Waals surface area contributed by atoms with Crippen LogP contribution >= 0.6 is 24.2 Å². The molecule has 0 aromatic rings. The quantitative estimate of drug-likeness (QED) is 0.694. The zero-order valence-electron chi connectivity index (χ0n) is 12.2. The molecule has 4 nitrogen and oxygen atoms in total. The van der Waals surface area contributed by atoms with Crippen LogP contribution < -0.4 is 5.32 Å². The number of nitrogens with zero attached hydrogens (tertiary/aromatic N) is 1. The van der Waals surface area contributed by atoms with Gasteiger partial charge in [0, 0.05) is 32.0 Å². The van der Waals surface area contributed by atoms with Crippen molar-refractivity contribution in [1.29, 1.82) is 0 Å². The summed E-state index contributed by atoms with van der Waals surface area (Å²) in [6.07, 6.45) is 3.55. The van der Waals surface area contributed by atoms with E-state index in [1.54, 1.807) is 7.11 Å². The van der Waals surface area contributed by atoms with E-state index in [1.807, 2.05) is 23.7 Å². The molecule has 19 heavy (non-hydrogen) atoms. The van der Waals surface area contributed by atoms with E-state index in [-0.39, 0.29) is 18.3 Å². The van der Waals surface area contributed by atoms with Gasteiger partial charge >= 0.3 is 0 Å². The van der Waals surface area contributed by atoms with Crippen LogP contribution in [-0.2, 0) is 9.53 Å². The fraction of sp³-hybridized carbons (Fsp3) is 0.923. The number of ether oxygens (including phenoxy) is 1. The van der Waals surface area contributed by atoms with Crippen molar-refractivity contribution >= 4 is 30.1 Å². The highest BCUT2D eigenvalue weighted by Crippen LogP contribution is 2.32. The number of hydrogen-bond acceptors (Lipinski definition) is 4. The van der Waals surface area contributed by atoms with E-state index in [0.717, 1.165) is 24.6 Å². The number of methoxy groups -OCH3 is 1. The molecule has 114 valence electrons. The average molecular weight is 311 g/mol. The second-order valence-electron chi connectivity index (χ2n) is 4.72. The van der Waals surface area contributed by atoms with Crippen LogP contribution in [0.15, 0.2) is 0 Å². The van der Waals surface area contributed by atoms with E-state index < -0.39 is 0 Å². The summed E-state index contributed by atoms with van der Waals surface area (Å²) >= 11 is 2.03. The molecule has 0 radical (unpaired) electrons. The first-order valence-electron chi connectivity index (χ1n) is 6.76. The molecule has 1 rings (SSSR count). The standard InChI is InChI=1S/C13H26N2O2S.ClH/c1-4-18-12-6-5-11(9-12)15(2)13(16)10-14-7-8-17-3;/h11-12,14H,4-10H2,1-3H3;1H. The minimum Gasteiger partial charge on any atom is -0.383 e. The van der Waals surface area contributed by atoms with Gasteiger partial charge in [-0.2, -0.15) is 11.8 Å². The van der Waals surface area contributed by atoms with Crippen LogP contribution in [-0.4, -0.2) is 61.7 Å². The summed E-state index contributed by atoms with van der Waals surface area (Å²) < 4.78 is 4.93. The Balaban J connectivity index is 0.00000324. The molecule has 1 aliphatic carbocycles. The Morgan fingerprint density at radius 3 is 2.84 bits per heavy atom. The van der Waals surface area contributed by atoms with Gasteiger partial charge in [-0.3, -0.25) is 4.79 Å². The molecule has 0 spiro atoms. The normalized spacial score (nSPS) is 22.1. The first kappa shape index (κ1) is 19.0. The number of hydrogen-bond donors (Lipinski definition) is 1. The van der Waals surface area contributed by atoms with Gasteiger partial charge < -0.3 is 15.0 Å². The van der Waals surface area contributed by atoms with E-state index >= 15 is 0 Å². The van der Waals surface area contributed by atoms with Gasteiger partial charge in [0.15, 0.2) is 0 Å². The van der Waals surface area contributed by atoms with Crippen LogP contribution in [0.5, 0.6) is 0 Å². The van der Waals surface area contributed by atoms with Crippen LogP contribution in [0, 0.1) is 0 Å². The lowest BCUT2D eigenvalue weighted by atomic mass is 10.2. The van der Waals surface area contributed by atoms with Crippen LogP contribution in [0.3, 0.4) is 0 Å². The molecule has 1 fully saturated rings. The summed E-state index contributed by atoms with van der Waals surface area (Å²) in [6.45, 7) is 4.00. The lowest BCUT2D eigenvalue weighted by molar-refractivity contribution is -0.130. The molecule has 6 heteroatoms. The summed E-state index contributed by atoms with van der Waals surface area (Å²) in [5.41, 5.74) is 0. The van der Waals surface area contributed by atoms with Crippen molar-refractivity contribution in [3.05, 3.63) is 0 Å². The number of likely N-dealkylation sites (N-methyl/N-ethyl adjacent to an activating group) is 1. The predicted octanol–water partition coefficient (Wildman–Crippen LogP) is 1.78. The Morgan fingerprint density at radius 1 is 1.47 bits per heavy atom. The molecular formula is C13H27ClN2O2S. The number of carbonyl (C=O) groups is 1. The van der Waals surface area contributed by atoms with Gasteiger partial charge in [-0.05, 0) is 25.0 Å². The first-order chi connectivity index (χ1) is 8.69. The van der Waals surface area contributed by atoms with Crippen LogP contribution in [0.4, 0.5) is 0 Å². The predicted molar refractivity (Wildman–Crippen MR) is 84.3 cm³/mol. The average Bonchev–Trinajstić information content (AvgIpc) is 2.82. The van der Waals surface area contributed by atoms with Gasteiger partial charge in [0.2, 0.25) is 5.91 Å². The molecule has 0 saturated heterocycles. The smallest absolute Gasteiger partial charge is 0.236 e. The molecule has 0 aromatic carbocycles. The second kappa shape index (κ2) is 10.8. The van der Waals surface area contributed by atoms with Crippen molar-refractivity contribution in [3.8, 4) is 0 Å². The molecule has 1 N–H and O–H groups in total. The van der Waals surface area contributed by atoms with Crippen molar-refractivity contribution in [1.82, 2.24) is 10.2 Å². The molecule has 2 unspecified atom stereocenters. The van der Waals surface area contributed by atoms with Crippen molar-refractivity contribution in [2.24, 2.45) is 0 Å². The molecule has 0 aliphatic heterocycles. The highest BCUT2D eigenvalue weighted by molar-refractivity contribution is 7.99. The summed E-state index contributed by atoms with van der Waals surface area (Å²) in [5.74, 6) is 1.37. The third kappa shape index (κ3) is 6.84. The zero-order chi connectivity index (χ0) is 13.4. The Labute approximate surface area is 127 Å². The maximum Gasteiger partial charge on any atom is 0.236 e. The molecule has 0 aromatic heterocycles.